The molecule has 1 aliphatic rings. The largest absolute Gasteiger partial charge is 0.457 e. The normalized spacial score (nSPS) is 12.6. The molecule has 3 aromatic rings. The maximum absolute atomic E-state index is 12.5. The van der Waals surface area contributed by atoms with Crippen molar-refractivity contribution in [3.05, 3.63) is 83.9 Å². The minimum atomic E-state index is -0.500. The molecular formula is C24H21N3O4. The first kappa shape index (κ1) is 20.2. The van der Waals surface area contributed by atoms with Crippen molar-refractivity contribution in [2.24, 2.45) is 11.7 Å². The molecule has 3 aromatic carbocycles. The van der Waals surface area contributed by atoms with E-state index in [9.17, 15) is 14.4 Å². The average molecular weight is 415 g/mol. The molecule has 4 rings (SSSR count). The van der Waals surface area contributed by atoms with Crippen molar-refractivity contribution in [2.75, 3.05) is 10.6 Å². The molecule has 0 atom stereocenters. The first-order valence-corrected chi connectivity index (χ1v) is 9.88. The molecule has 3 amide bonds. The van der Waals surface area contributed by atoms with Gasteiger partial charge in [0.2, 0.25) is 11.8 Å². The number of carbonyl (C=O) groups is 3. The Morgan fingerprint density at radius 3 is 1.68 bits per heavy atom. The number of carbonyl (C=O) groups excluding carboxylic acids is 3. The van der Waals surface area contributed by atoms with Crippen LogP contribution in [0.2, 0.25) is 0 Å². The van der Waals surface area contributed by atoms with Gasteiger partial charge in [0.15, 0.2) is 0 Å². The Morgan fingerprint density at radius 2 is 1.19 bits per heavy atom. The van der Waals surface area contributed by atoms with Gasteiger partial charge in [-0.05, 0) is 85.6 Å². The first-order chi connectivity index (χ1) is 15.0. The molecule has 1 saturated carbocycles. The predicted octanol–water partition coefficient (Wildman–Crippen LogP) is 4.18. The predicted molar refractivity (Wildman–Crippen MR) is 117 cm³/mol. The molecule has 0 aliphatic heterocycles. The van der Waals surface area contributed by atoms with Gasteiger partial charge in [-0.2, -0.15) is 0 Å². The van der Waals surface area contributed by atoms with Crippen molar-refractivity contribution in [1.29, 1.82) is 0 Å². The molecule has 4 N–H and O–H groups in total. The van der Waals surface area contributed by atoms with E-state index in [0.717, 1.165) is 12.8 Å². The second-order valence-corrected chi connectivity index (χ2v) is 7.31. The van der Waals surface area contributed by atoms with E-state index in [-0.39, 0.29) is 17.7 Å². The Labute approximate surface area is 179 Å². The summed E-state index contributed by atoms with van der Waals surface area (Å²) in [5.74, 6) is 0.533. The number of benzene rings is 3. The molecule has 1 fully saturated rings. The van der Waals surface area contributed by atoms with Crippen LogP contribution in [0.5, 0.6) is 11.5 Å². The minimum Gasteiger partial charge on any atom is -0.457 e. The van der Waals surface area contributed by atoms with E-state index < -0.39 is 5.91 Å². The number of anilines is 2. The third kappa shape index (κ3) is 5.27. The van der Waals surface area contributed by atoms with Gasteiger partial charge in [0.1, 0.15) is 11.5 Å². The van der Waals surface area contributed by atoms with E-state index in [0.29, 0.717) is 34.0 Å². The van der Waals surface area contributed by atoms with Gasteiger partial charge in [-0.25, -0.2) is 0 Å². The summed E-state index contributed by atoms with van der Waals surface area (Å²) in [6.07, 6.45) is 1.90. The van der Waals surface area contributed by atoms with Gasteiger partial charge in [-0.15, -0.1) is 0 Å². The van der Waals surface area contributed by atoms with E-state index in [2.05, 4.69) is 10.6 Å². The molecule has 0 heterocycles. The molecule has 31 heavy (non-hydrogen) atoms. The van der Waals surface area contributed by atoms with Crippen molar-refractivity contribution in [2.45, 2.75) is 12.8 Å². The molecule has 0 radical (unpaired) electrons. The van der Waals surface area contributed by atoms with Gasteiger partial charge in [-0.1, -0.05) is 0 Å². The maximum atomic E-state index is 12.5. The van der Waals surface area contributed by atoms with Crippen LogP contribution in [0.25, 0.3) is 0 Å². The van der Waals surface area contributed by atoms with Crippen LogP contribution in [0.1, 0.15) is 33.6 Å². The third-order valence-corrected chi connectivity index (χ3v) is 4.85. The number of hydrogen-bond donors (Lipinski definition) is 3. The van der Waals surface area contributed by atoms with Gasteiger partial charge >= 0.3 is 0 Å². The topological polar surface area (TPSA) is 111 Å². The summed E-state index contributed by atoms with van der Waals surface area (Å²) in [7, 11) is 0. The summed E-state index contributed by atoms with van der Waals surface area (Å²) in [5, 5.41) is 5.69. The lowest BCUT2D eigenvalue weighted by Crippen LogP contribution is -2.14. The zero-order valence-corrected chi connectivity index (χ0v) is 16.6. The molecule has 0 spiro atoms. The van der Waals surface area contributed by atoms with E-state index >= 15 is 0 Å². The fourth-order valence-corrected chi connectivity index (χ4v) is 2.93. The fourth-order valence-electron chi connectivity index (χ4n) is 2.93. The molecule has 0 bridgehead atoms. The number of amides is 3. The lowest BCUT2D eigenvalue weighted by Gasteiger charge is -2.09. The van der Waals surface area contributed by atoms with Gasteiger partial charge < -0.3 is 21.1 Å². The van der Waals surface area contributed by atoms with E-state index in [1.807, 2.05) is 0 Å². The monoisotopic (exact) mass is 415 g/mol. The van der Waals surface area contributed by atoms with Gasteiger partial charge in [0.25, 0.3) is 5.91 Å². The highest BCUT2D eigenvalue weighted by atomic mass is 16.5. The van der Waals surface area contributed by atoms with Crippen LogP contribution in [-0.4, -0.2) is 17.7 Å². The van der Waals surface area contributed by atoms with Gasteiger partial charge in [0, 0.05) is 28.4 Å². The quantitative estimate of drug-likeness (QED) is 0.538. The lowest BCUT2D eigenvalue weighted by molar-refractivity contribution is -0.117. The number of ether oxygens (including phenoxy) is 1. The van der Waals surface area contributed by atoms with Crippen LogP contribution < -0.4 is 21.1 Å². The van der Waals surface area contributed by atoms with Crippen molar-refractivity contribution < 1.29 is 19.1 Å². The minimum absolute atomic E-state index is 0.0444. The molecule has 0 aromatic heterocycles. The molecule has 0 unspecified atom stereocenters. The summed E-state index contributed by atoms with van der Waals surface area (Å²) < 4.78 is 5.71. The molecule has 0 saturated heterocycles. The van der Waals surface area contributed by atoms with Crippen LogP contribution in [0.15, 0.2) is 72.8 Å². The van der Waals surface area contributed by atoms with Crippen molar-refractivity contribution in [3.63, 3.8) is 0 Å². The maximum Gasteiger partial charge on any atom is 0.255 e. The molecule has 7 heteroatoms. The average Bonchev–Trinajstić information content (AvgIpc) is 3.61. The van der Waals surface area contributed by atoms with Crippen molar-refractivity contribution in [3.8, 4) is 11.5 Å². The molecule has 1 aliphatic carbocycles. The highest BCUT2D eigenvalue weighted by molar-refractivity contribution is 6.04. The molecule has 156 valence electrons. The Balaban J connectivity index is 1.33. The van der Waals surface area contributed by atoms with Gasteiger partial charge in [0.05, 0.1) is 0 Å². The van der Waals surface area contributed by atoms with Crippen LogP contribution in [-0.2, 0) is 4.79 Å². The Bertz CT molecular complexity index is 1100. The number of primary amides is 1. The zero-order chi connectivity index (χ0) is 21.8. The second-order valence-electron chi connectivity index (χ2n) is 7.31. The summed E-state index contributed by atoms with van der Waals surface area (Å²) >= 11 is 0. The first-order valence-electron chi connectivity index (χ1n) is 9.88. The standard InChI is InChI=1S/C24H21N3O4/c25-22(28)15-3-11-20(12-4-15)31-21-13-5-17(6-14-21)24(30)27-19-9-7-18(8-10-19)26-23(29)16-1-2-16/h3-14,16H,1-2H2,(H2,25,28)(H,26,29)(H,27,30). The van der Waals surface area contributed by atoms with Crippen LogP contribution in [0.3, 0.4) is 0 Å². The molecule has 7 nitrogen and oxygen atoms in total. The van der Waals surface area contributed by atoms with Crippen molar-refractivity contribution in [1.82, 2.24) is 0 Å². The Hall–Kier alpha value is -4.13. The number of rotatable bonds is 7. The van der Waals surface area contributed by atoms with Crippen LogP contribution in [0, 0.1) is 5.92 Å². The molecular weight excluding hydrogens is 394 g/mol. The summed E-state index contributed by atoms with van der Waals surface area (Å²) in [5.41, 5.74) is 7.43. The second kappa shape index (κ2) is 8.71. The highest BCUT2D eigenvalue weighted by Crippen LogP contribution is 2.30. The van der Waals surface area contributed by atoms with Crippen LogP contribution in [0.4, 0.5) is 11.4 Å². The zero-order valence-electron chi connectivity index (χ0n) is 16.6. The van der Waals surface area contributed by atoms with Crippen molar-refractivity contribution >= 4 is 29.1 Å². The van der Waals surface area contributed by atoms with Gasteiger partial charge in [-0.3, -0.25) is 14.4 Å². The van der Waals surface area contributed by atoms with E-state index in [1.54, 1.807) is 72.8 Å². The lowest BCUT2D eigenvalue weighted by atomic mass is 10.2. The number of nitrogens with one attached hydrogen (secondary N) is 2. The smallest absolute Gasteiger partial charge is 0.255 e. The summed E-state index contributed by atoms with van der Waals surface area (Å²) in [6, 6.07) is 20.2. The van der Waals surface area contributed by atoms with E-state index in [1.165, 1.54) is 0 Å². The Kier molecular flexibility index (Phi) is 5.66. The number of hydrogen-bond acceptors (Lipinski definition) is 4. The summed E-state index contributed by atoms with van der Waals surface area (Å²) in [6.45, 7) is 0. The third-order valence-electron chi connectivity index (χ3n) is 4.85. The van der Waals surface area contributed by atoms with Crippen LogP contribution >= 0.6 is 0 Å². The summed E-state index contributed by atoms with van der Waals surface area (Å²) in [4.78, 5) is 35.4. The Morgan fingerprint density at radius 1 is 0.710 bits per heavy atom. The highest BCUT2D eigenvalue weighted by Gasteiger charge is 2.29. The fraction of sp³-hybridized carbons (Fsp3) is 0.125. The number of nitrogens with two attached hydrogens (primary N) is 1. The SMILES string of the molecule is NC(=O)c1ccc(Oc2ccc(C(=O)Nc3ccc(NC(=O)C4CC4)cc3)cc2)cc1. The van der Waals surface area contributed by atoms with E-state index in [4.69, 9.17) is 10.5 Å².